The highest BCUT2D eigenvalue weighted by Gasteiger charge is 2.35. The Morgan fingerprint density at radius 2 is 2.31 bits per heavy atom. The lowest BCUT2D eigenvalue weighted by molar-refractivity contribution is -0.126. The Hall–Kier alpha value is -0.420. The largest absolute Gasteiger partial charge is 0.354 e. The van der Waals surface area contributed by atoms with Gasteiger partial charge in [-0.25, -0.2) is 0 Å². The van der Waals surface area contributed by atoms with Gasteiger partial charge in [0.25, 0.3) is 0 Å². The number of carbonyl (C=O) groups is 1. The molecule has 4 nitrogen and oxygen atoms in total. The molecular weight excluding hydrogens is 224 g/mol. The smallest absolute Gasteiger partial charge is 0.240 e. The van der Waals surface area contributed by atoms with Crippen LogP contribution in [0.25, 0.3) is 0 Å². The van der Waals surface area contributed by atoms with Gasteiger partial charge in [0.2, 0.25) is 5.91 Å². The van der Waals surface area contributed by atoms with E-state index in [0.29, 0.717) is 6.54 Å². The van der Waals surface area contributed by atoms with Gasteiger partial charge in [-0.3, -0.25) is 9.00 Å². The summed E-state index contributed by atoms with van der Waals surface area (Å²) in [4.78, 5) is 11.9. The van der Waals surface area contributed by atoms with E-state index in [1.807, 2.05) is 13.8 Å². The number of nitrogens with one attached hydrogen (secondary N) is 2. The van der Waals surface area contributed by atoms with Gasteiger partial charge in [0.1, 0.15) is 0 Å². The van der Waals surface area contributed by atoms with Crippen LogP contribution in [-0.4, -0.2) is 40.3 Å². The monoisotopic (exact) mass is 246 g/mol. The Morgan fingerprint density at radius 3 is 2.81 bits per heavy atom. The zero-order chi connectivity index (χ0) is 12.2. The summed E-state index contributed by atoms with van der Waals surface area (Å²) in [5.41, 5.74) is -0.394. The molecule has 3 unspecified atom stereocenters. The van der Waals surface area contributed by atoms with E-state index in [0.717, 1.165) is 25.8 Å². The fourth-order valence-electron chi connectivity index (χ4n) is 1.84. The van der Waals surface area contributed by atoms with Crippen LogP contribution >= 0.6 is 0 Å². The highest BCUT2D eigenvalue weighted by Crippen LogP contribution is 2.18. The molecule has 2 N–H and O–H groups in total. The van der Waals surface area contributed by atoms with Crippen LogP contribution in [0.5, 0.6) is 0 Å². The molecule has 0 aromatic carbocycles. The molecule has 3 atom stereocenters. The lowest BCUT2D eigenvalue weighted by Gasteiger charge is -2.23. The van der Waals surface area contributed by atoms with E-state index in [1.165, 1.54) is 0 Å². The molecule has 0 radical (unpaired) electrons. The minimum Gasteiger partial charge on any atom is -0.354 e. The van der Waals surface area contributed by atoms with Crippen molar-refractivity contribution >= 4 is 16.7 Å². The Labute approximate surface area is 100 Å². The Kier molecular flexibility index (Phi) is 4.92. The molecule has 0 aromatic heterocycles. The van der Waals surface area contributed by atoms with Crippen LogP contribution in [0.1, 0.15) is 33.1 Å². The SMILES string of the molecule is CC(CCNC(=O)C1(C)CCCN1)S(C)=O. The lowest BCUT2D eigenvalue weighted by Crippen LogP contribution is -2.51. The molecule has 16 heavy (non-hydrogen) atoms. The van der Waals surface area contributed by atoms with E-state index >= 15 is 0 Å². The first kappa shape index (κ1) is 13.6. The van der Waals surface area contributed by atoms with E-state index in [9.17, 15) is 9.00 Å². The Morgan fingerprint density at radius 1 is 1.62 bits per heavy atom. The van der Waals surface area contributed by atoms with Gasteiger partial charge in [0, 0.05) is 28.9 Å². The number of rotatable bonds is 5. The zero-order valence-electron chi connectivity index (χ0n) is 10.3. The van der Waals surface area contributed by atoms with Gasteiger partial charge < -0.3 is 10.6 Å². The van der Waals surface area contributed by atoms with E-state index in [-0.39, 0.29) is 11.2 Å². The highest BCUT2D eigenvalue weighted by molar-refractivity contribution is 7.84. The van der Waals surface area contributed by atoms with Gasteiger partial charge in [0.15, 0.2) is 0 Å². The third-order valence-corrected chi connectivity index (χ3v) is 4.64. The molecule has 0 aromatic rings. The summed E-state index contributed by atoms with van der Waals surface area (Å²) in [7, 11) is -0.804. The van der Waals surface area contributed by atoms with Crippen molar-refractivity contribution in [1.82, 2.24) is 10.6 Å². The van der Waals surface area contributed by atoms with Crippen LogP contribution in [0.2, 0.25) is 0 Å². The average Bonchev–Trinajstić information content (AvgIpc) is 2.66. The van der Waals surface area contributed by atoms with Crippen molar-refractivity contribution < 1.29 is 9.00 Å². The Bertz CT molecular complexity index is 275. The summed E-state index contributed by atoms with van der Waals surface area (Å²) in [6.07, 6.45) is 4.42. The molecule has 1 fully saturated rings. The molecule has 1 aliphatic rings. The predicted molar refractivity (Wildman–Crippen MR) is 66.8 cm³/mol. The van der Waals surface area contributed by atoms with Gasteiger partial charge >= 0.3 is 0 Å². The van der Waals surface area contributed by atoms with Crippen LogP contribution in [0.15, 0.2) is 0 Å². The third kappa shape index (κ3) is 3.56. The summed E-state index contributed by atoms with van der Waals surface area (Å²) in [6.45, 7) is 5.41. The summed E-state index contributed by atoms with van der Waals surface area (Å²) in [6, 6.07) is 0. The summed E-state index contributed by atoms with van der Waals surface area (Å²) >= 11 is 0. The molecule has 1 heterocycles. The second kappa shape index (κ2) is 5.77. The maximum absolute atomic E-state index is 11.9. The summed E-state index contributed by atoms with van der Waals surface area (Å²) in [5.74, 6) is 0.0686. The number of amides is 1. The highest BCUT2D eigenvalue weighted by atomic mass is 32.2. The van der Waals surface area contributed by atoms with Crippen LogP contribution in [0.3, 0.4) is 0 Å². The second-order valence-corrected chi connectivity index (χ2v) is 6.52. The van der Waals surface area contributed by atoms with Crippen molar-refractivity contribution in [3.05, 3.63) is 0 Å². The Balaban J connectivity index is 2.27. The number of hydrogen-bond donors (Lipinski definition) is 2. The molecule has 1 amide bonds. The molecular formula is C11H22N2O2S. The summed E-state index contributed by atoms with van der Waals surface area (Å²) in [5, 5.41) is 6.28. The van der Waals surface area contributed by atoms with Crippen molar-refractivity contribution in [2.24, 2.45) is 0 Å². The van der Waals surface area contributed by atoms with Crippen LogP contribution in [0, 0.1) is 0 Å². The fourth-order valence-corrected chi connectivity index (χ4v) is 2.29. The van der Waals surface area contributed by atoms with Gasteiger partial charge in [-0.05, 0) is 32.7 Å². The molecule has 0 aliphatic carbocycles. The average molecular weight is 246 g/mol. The summed E-state index contributed by atoms with van der Waals surface area (Å²) < 4.78 is 11.1. The number of hydrogen-bond acceptors (Lipinski definition) is 3. The van der Waals surface area contributed by atoms with E-state index in [1.54, 1.807) is 6.26 Å². The number of carbonyl (C=O) groups excluding carboxylic acids is 1. The van der Waals surface area contributed by atoms with Gasteiger partial charge in [-0.15, -0.1) is 0 Å². The van der Waals surface area contributed by atoms with Crippen LogP contribution < -0.4 is 10.6 Å². The zero-order valence-corrected chi connectivity index (χ0v) is 11.2. The molecule has 1 aliphatic heterocycles. The quantitative estimate of drug-likeness (QED) is 0.738. The second-order valence-electron chi connectivity index (χ2n) is 4.72. The minimum atomic E-state index is -0.804. The predicted octanol–water partition coefficient (Wildman–Crippen LogP) is 0.402. The maximum Gasteiger partial charge on any atom is 0.240 e. The van der Waals surface area contributed by atoms with Crippen molar-refractivity contribution in [1.29, 1.82) is 0 Å². The van der Waals surface area contributed by atoms with Crippen molar-refractivity contribution in [3.63, 3.8) is 0 Å². The molecule has 1 saturated heterocycles. The molecule has 0 saturated carbocycles. The van der Waals surface area contributed by atoms with E-state index in [2.05, 4.69) is 10.6 Å². The van der Waals surface area contributed by atoms with Crippen LogP contribution in [0.4, 0.5) is 0 Å². The van der Waals surface area contributed by atoms with Gasteiger partial charge in [0.05, 0.1) is 5.54 Å². The fraction of sp³-hybridized carbons (Fsp3) is 0.909. The topological polar surface area (TPSA) is 58.2 Å². The molecule has 0 spiro atoms. The van der Waals surface area contributed by atoms with Gasteiger partial charge in [-0.1, -0.05) is 6.92 Å². The van der Waals surface area contributed by atoms with E-state index < -0.39 is 16.3 Å². The molecule has 0 bridgehead atoms. The minimum absolute atomic E-state index is 0.0686. The molecule has 1 rings (SSSR count). The normalized spacial score (nSPS) is 28.7. The lowest BCUT2D eigenvalue weighted by atomic mass is 9.99. The molecule has 5 heteroatoms. The van der Waals surface area contributed by atoms with Crippen molar-refractivity contribution in [2.45, 2.75) is 43.9 Å². The van der Waals surface area contributed by atoms with Gasteiger partial charge in [-0.2, -0.15) is 0 Å². The van der Waals surface area contributed by atoms with E-state index in [4.69, 9.17) is 0 Å². The third-order valence-electron chi connectivity index (χ3n) is 3.27. The maximum atomic E-state index is 11.9. The standard InChI is InChI=1S/C11H22N2O2S/c1-9(16(3)15)5-8-12-10(14)11(2)6-4-7-13-11/h9,13H,4-8H2,1-3H3,(H,12,14). The van der Waals surface area contributed by atoms with Crippen LogP contribution in [-0.2, 0) is 15.6 Å². The van der Waals surface area contributed by atoms with Crippen molar-refractivity contribution in [3.8, 4) is 0 Å². The molecule has 94 valence electrons. The van der Waals surface area contributed by atoms with Crippen molar-refractivity contribution in [2.75, 3.05) is 19.3 Å². The first-order valence-electron chi connectivity index (χ1n) is 5.81. The first-order chi connectivity index (χ1) is 7.46. The first-order valence-corrected chi connectivity index (χ1v) is 7.43.